The van der Waals surface area contributed by atoms with Crippen LogP contribution in [0, 0.1) is 6.92 Å². The fraction of sp³-hybridized carbons (Fsp3) is 0.150. The molecule has 0 bridgehead atoms. The summed E-state index contributed by atoms with van der Waals surface area (Å²) >= 11 is 1.48. The molecule has 0 radical (unpaired) electrons. The summed E-state index contributed by atoms with van der Waals surface area (Å²) in [6.45, 7) is 1.78. The number of hydrogen-bond acceptors (Lipinski definition) is 7. The Balaban J connectivity index is 1.59. The van der Waals surface area contributed by atoms with Gasteiger partial charge in [0.15, 0.2) is 6.61 Å². The minimum atomic E-state index is -0.285. The summed E-state index contributed by atoms with van der Waals surface area (Å²) in [5, 5.41) is 9.61. The van der Waals surface area contributed by atoms with Gasteiger partial charge < -0.3 is 14.8 Å². The average molecular weight is 396 g/mol. The first-order chi connectivity index (χ1) is 13.7. The number of para-hydroxylation sites is 3. The largest absolute Gasteiger partial charge is 0.495 e. The second-order valence-electron chi connectivity index (χ2n) is 5.74. The highest BCUT2D eigenvalue weighted by molar-refractivity contribution is 7.13. The Kier molecular flexibility index (Phi) is 6.59. The topological polar surface area (TPSA) is 84.8 Å². The van der Waals surface area contributed by atoms with Gasteiger partial charge in [0, 0.05) is 10.9 Å². The van der Waals surface area contributed by atoms with E-state index in [-0.39, 0.29) is 12.5 Å². The fourth-order valence-electron chi connectivity index (χ4n) is 2.36. The number of nitrogens with one attached hydrogen (secondary N) is 2. The average Bonchev–Trinajstić information content (AvgIpc) is 3.12. The molecule has 0 aliphatic heterocycles. The maximum Gasteiger partial charge on any atom is 0.262 e. The van der Waals surface area contributed by atoms with Gasteiger partial charge in [0.25, 0.3) is 5.91 Å². The van der Waals surface area contributed by atoms with Crippen LogP contribution in [0.2, 0.25) is 0 Å². The van der Waals surface area contributed by atoms with E-state index in [2.05, 4.69) is 20.8 Å². The maximum atomic E-state index is 12.2. The molecule has 1 aromatic heterocycles. The van der Waals surface area contributed by atoms with Gasteiger partial charge in [-0.05, 0) is 31.2 Å². The lowest BCUT2D eigenvalue weighted by atomic mass is 10.2. The van der Waals surface area contributed by atoms with Gasteiger partial charge in [0.1, 0.15) is 11.5 Å². The Morgan fingerprint density at radius 3 is 2.68 bits per heavy atom. The molecule has 0 saturated heterocycles. The SMILES string of the molecule is COc1ccccc1NC(=O)COc1ccccc1C=NNc1nc(C)cs1. The summed E-state index contributed by atoms with van der Waals surface area (Å²) in [5.74, 6) is 0.859. The molecule has 3 rings (SSSR count). The highest BCUT2D eigenvalue weighted by Crippen LogP contribution is 2.23. The van der Waals surface area contributed by atoms with E-state index < -0.39 is 0 Å². The molecule has 144 valence electrons. The molecule has 7 nitrogen and oxygen atoms in total. The van der Waals surface area contributed by atoms with E-state index in [1.54, 1.807) is 31.5 Å². The van der Waals surface area contributed by atoms with E-state index in [0.717, 1.165) is 11.3 Å². The van der Waals surface area contributed by atoms with Gasteiger partial charge >= 0.3 is 0 Å². The predicted molar refractivity (Wildman–Crippen MR) is 112 cm³/mol. The van der Waals surface area contributed by atoms with Crippen molar-refractivity contribution < 1.29 is 14.3 Å². The summed E-state index contributed by atoms with van der Waals surface area (Å²) in [7, 11) is 1.55. The molecule has 0 saturated carbocycles. The highest BCUT2D eigenvalue weighted by atomic mass is 32.1. The quantitative estimate of drug-likeness (QED) is 0.445. The van der Waals surface area contributed by atoms with E-state index in [4.69, 9.17) is 9.47 Å². The number of methoxy groups -OCH3 is 1. The van der Waals surface area contributed by atoms with E-state index in [1.807, 2.05) is 42.6 Å². The molecule has 0 aliphatic rings. The lowest BCUT2D eigenvalue weighted by Gasteiger charge is -2.11. The van der Waals surface area contributed by atoms with Crippen LogP contribution < -0.4 is 20.2 Å². The third-order valence-electron chi connectivity index (χ3n) is 3.64. The summed E-state index contributed by atoms with van der Waals surface area (Å²) in [4.78, 5) is 16.5. The van der Waals surface area contributed by atoms with Crippen molar-refractivity contribution in [1.29, 1.82) is 0 Å². The second-order valence-corrected chi connectivity index (χ2v) is 6.60. The van der Waals surface area contributed by atoms with Crippen LogP contribution in [0.15, 0.2) is 59.0 Å². The molecule has 3 aromatic rings. The van der Waals surface area contributed by atoms with Crippen molar-refractivity contribution >= 4 is 34.3 Å². The molecule has 0 fully saturated rings. The van der Waals surface area contributed by atoms with Crippen molar-refractivity contribution in [2.24, 2.45) is 5.10 Å². The number of anilines is 2. The van der Waals surface area contributed by atoms with Crippen molar-refractivity contribution in [3.63, 3.8) is 0 Å². The number of hydrazone groups is 1. The number of carbonyl (C=O) groups is 1. The van der Waals surface area contributed by atoms with Crippen molar-refractivity contribution in [3.8, 4) is 11.5 Å². The molecular formula is C20H20N4O3S. The number of aromatic nitrogens is 1. The van der Waals surface area contributed by atoms with Gasteiger partial charge in [-0.1, -0.05) is 24.3 Å². The number of aryl methyl sites for hydroxylation is 1. The standard InChI is InChI=1S/C20H20N4O3S/c1-14-13-28-20(22-14)24-21-11-15-7-3-5-9-17(15)27-12-19(25)23-16-8-4-6-10-18(16)26-2/h3-11,13H,12H2,1-2H3,(H,22,24)(H,23,25). The molecule has 1 amide bonds. The monoisotopic (exact) mass is 396 g/mol. The number of ether oxygens (including phenoxy) is 2. The lowest BCUT2D eigenvalue weighted by molar-refractivity contribution is -0.118. The van der Waals surface area contributed by atoms with Crippen molar-refractivity contribution in [3.05, 3.63) is 65.2 Å². The molecule has 1 heterocycles. The molecule has 28 heavy (non-hydrogen) atoms. The molecule has 0 aliphatic carbocycles. The van der Waals surface area contributed by atoms with Crippen molar-refractivity contribution in [2.45, 2.75) is 6.92 Å². The van der Waals surface area contributed by atoms with Crippen molar-refractivity contribution in [1.82, 2.24) is 4.98 Å². The minimum absolute atomic E-state index is 0.137. The van der Waals surface area contributed by atoms with Crippen LogP contribution in [0.4, 0.5) is 10.8 Å². The van der Waals surface area contributed by atoms with Crippen LogP contribution in [-0.2, 0) is 4.79 Å². The molecule has 0 spiro atoms. The molecule has 8 heteroatoms. The second kappa shape index (κ2) is 9.52. The van der Waals surface area contributed by atoms with Gasteiger partial charge in [0.05, 0.1) is 24.7 Å². The first kappa shape index (κ1) is 19.4. The number of rotatable bonds is 8. The van der Waals surface area contributed by atoms with E-state index in [9.17, 15) is 4.79 Å². The van der Waals surface area contributed by atoms with Gasteiger partial charge in [-0.25, -0.2) is 4.98 Å². The Bertz CT molecular complexity index is 971. The first-order valence-electron chi connectivity index (χ1n) is 8.51. The summed E-state index contributed by atoms with van der Waals surface area (Å²) in [6, 6.07) is 14.5. The van der Waals surface area contributed by atoms with Gasteiger partial charge in [-0.2, -0.15) is 5.10 Å². The molecule has 2 N–H and O–H groups in total. The Morgan fingerprint density at radius 1 is 1.18 bits per heavy atom. The number of carbonyl (C=O) groups excluding carboxylic acids is 1. The lowest BCUT2D eigenvalue weighted by Crippen LogP contribution is -2.20. The minimum Gasteiger partial charge on any atom is -0.495 e. The number of amides is 1. The molecule has 0 atom stereocenters. The number of nitrogens with zero attached hydrogens (tertiary/aromatic N) is 2. The van der Waals surface area contributed by atoms with Crippen LogP contribution in [-0.4, -0.2) is 30.8 Å². The summed E-state index contributed by atoms with van der Waals surface area (Å²) < 4.78 is 10.9. The third kappa shape index (κ3) is 5.31. The van der Waals surface area contributed by atoms with Crippen LogP contribution >= 0.6 is 11.3 Å². The van der Waals surface area contributed by atoms with E-state index in [0.29, 0.717) is 22.3 Å². The first-order valence-corrected chi connectivity index (χ1v) is 9.39. The molecule has 2 aromatic carbocycles. The smallest absolute Gasteiger partial charge is 0.262 e. The van der Waals surface area contributed by atoms with Gasteiger partial charge in [-0.15, -0.1) is 11.3 Å². The number of hydrogen-bond donors (Lipinski definition) is 2. The van der Waals surface area contributed by atoms with E-state index >= 15 is 0 Å². The van der Waals surface area contributed by atoms with Crippen LogP contribution in [0.1, 0.15) is 11.3 Å². The van der Waals surface area contributed by atoms with Crippen molar-refractivity contribution in [2.75, 3.05) is 24.5 Å². The molecule has 0 unspecified atom stereocenters. The van der Waals surface area contributed by atoms with Crippen LogP contribution in [0.5, 0.6) is 11.5 Å². The normalized spacial score (nSPS) is 10.6. The van der Waals surface area contributed by atoms with Crippen LogP contribution in [0.3, 0.4) is 0 Å². The fourth-order valence-corrected chi connectivity index (χ4v) is 3.00. The summed E-state index contributed by atoms with van der Waals surface area (Å²) in [5.41, 5.74) is 5.15. The zero-order valence-electron chi connectivity index (χ0n) is 15.5. The maximum absolute atomic E-state index is 12.2. The Labute approximate surface area is 167 Å². The summed E-state index contributed by atoms with van der Waals surface area (Å²) in [6.07, 6.45) is 1.63. The van der Waals surface area contributed by atoms with E-state index in [1.165, 1.54) is 11.3 Å². The number of thiazole rings is 1. The van der Waals surface area contributed by atoms with Crippen LogP contribution in [0.25, 0.3) is 0 Å². The molecular weight excluding hydrogens is 376 g/mol. The third-order valence-corrected chi connectivity index (χ3v) is 4.51. The number of benzene rings is 2. The Morgan fingerprint density at radius 2 is 1.93 bits per heavy atom. The van der Waals surface area contributed by atoms with Gasteiger partial charge in [0.2, 0.25) is 5.13 Å². The predicted octanol–water partition coefficient (Wildman–Crippen LogP) is 3.92. The zero-order chi connectivity index (χ0) is 19.8. The Hall–Kier alpha value is -3.39. The zero-order valence-corrected chi connectivity index (χ0v) is 16.3. The highest BCUT2D eigenvalue weighted by Gasteiger charge is 2.09. The van der Waals surface area contributed by atoms with Gasteiger partial charge in [-0.3, -0.25) is 10.2 Å².